The van der Waals surface area contributed by atoms with Crippen LogP contribution >= 0.6 is 11.3 Å². The number of anilines is 1. The average molecular weight is 142 g/mol. The molecule has 0 fully saturated rings. The molecule has 0 unspecified atom stereocenters. The number of hydrogen-bond acceptors (Lipinski definition) is 3. The van der Waals surface area contributed by atoms with Gasteiger partial charge in [0.05, 0.1) is 5.00 Å². The first-order chi connectivity index (χ1) is 4.33. The quantitative estimate of drug-likeness (QED) is 0.642. The maximum atomic E-state index is 5.49. The summed E-state index contributed by atoms with van der Waals surface area (Å²) in [5.74, 6) is 0. The number of nitrogen functional groups attached to an aromatic ring is 1. The van der Waals surface area contributed by atoms with Gasteiger partial charge in [0.1, 0.15) is 0 Å². The Morgan fingerprint density at radius 2 is 2.22 bits per heavy atom. The van der Waals surface area contributed by atoms with Crippen LogP contribution in [-0.2, 0) is 6.42 Å². The van der Waals surface area contributed by atoms with Gasteiger partial charge in [-0.05, 0) is 25.1 Å². The molecule has 0 spiro atoms. The third kappa shape index (κ3) is 1.69. The zero-order chi connectivity index (χ0) is 6.69. The predicted octanol–water partition coefficient (Wildman–Crippen LogP) is 0.832. The van der Waals surface area contributed by atoms with E-state index in [1.165, 1.54) is 4.88 Å². The Kier molecular flexibility index (Phi) is 2.08. The summed E-state index contributed by atoms with van der Waals surface area (Å²) in [4.78, 5) is 1.27. The zero-order valence-electron chi connectivity index (χ0n) is 5.13. The first-order valence-electron chi connectivity index (χ1n) is 2.87. The fourth-order valence-corrected chi connectivity index (χ4v) is 1.47. The number of nitrogens with two attached hydrogens (primary N) is 2. The second-order valence-corrected chi connectivity index (χ2v) is 3.04. The van der Waals surface area contributed by atoms with E-state index in [0.717, 1.165) is 11.4 Å². The van der Waals surface area contributed by atoms with Gasteiger partial charge in [-0.1, -0.05) is 0 Å². The molecule has 3 heteroatoms. The summed E-state index contributed by atoms with van der Waals surface area (Å²) in [6.07, 6.45) is 0.946. The van der Waals surface area contributed by atoms with Gasteiger partial charge in [0, 0.05) is 4.88 Å². The molecule has 1 aromatic heterocycles. The van der Waals surface area contributed by atoms with Crippen LogP contribution in [0.2, 0.25) is 0 Å². The van der Waals surface area contributed by atoms with Gasteiger partial charge in [-0.15, -0.1) is 11.3 Å². The number of hydrogen-bond donors (Lipinski definition) is 2. The fraction of sp³-hybridized carbons (Fsp3) is 0.333. The SMILES string of the molecule is NCCc1ccc(N)s1. The molecule has 50 valence electrons. The van der Waals surface area contributed by atoms with Crippen LogP contribution in [0, 0.1) is 0 Å². The van der Waals surface area contributed by atoms with E-state index in [-0.39, 0.29) is 0 Å². The van der Waals surface area contributed by atoms with E-state index in [1.807, 2.05) is 12.1 Å². The molecule has 0 aliphatic carbocycles. The molecule has 0 radical (unpaired) electrons. The molecule has 0 amide bonds. The first-order valence-corrected chi connectivity index (χ1v) is 3.69. The van der Waals surface area contributed by atoms with Gasteiger partial charge in [0.25, 0.3) is 0 Å². The molecule has 0 saturated heterocycles. The molecule has 1 rings (SSSR count). The Bertz CT molecular complexity index is 183. The Balaban J connectivity index is 2.61. The fourth-order valence-electron chi connectivity index (χ4n) is 0.671. The molecule has 0 bridgehead atoms. The molecule has 0 aromatic carbocycles. The van der Waals surface area contributed by atoms with E-state index in [1.54, 1.807) is 11.3 Å². The lowest BCUT2D eigenvalue weighted by molar-refractivity contribution is 0.989. The largest absolute Gasteiger partial charge is 0.391 e. The lowest BCUT2D eigenvalue weighted by Gasteiger charge is -1.87. The van der Waals surface area contributed by atoms with Gasteiger partial charge < -0.3 is 11.5 Å². The van der Waals surface area contributed by atoms with Crippen molar-refractivity contribution in [2.45, 2.75) is 6.42 Å². The smallest absolute Gasteiger partial charge is 0.0859 e. The standard InChI is InChI=1S/C6H10N2S/c7-4-3-5-1-2-6(8)9-5/h1-2H,3-4,7-8H2. The van der Waals surface area contributed by atoms with Crippen LogP contribution in [0.15, 0.2) is 12.1 Å². The van der Waals surface area contributed by atoms with E-state index < -0.39 is 0 Å². The summed E-state index contributed by atoms with van der Waals surface area (Å²) in [5.41, 5.74) is 10.8. The van der Waals surface area contributed by atoms with E-state index in [2.05, 4.69) is 0 Å². The van der Waals surface area contributed by atoms with Crippen molar-refractivity contribution in [3.63, 3.8) is 0 Å². The Hall–Kier alpha value is -0.540. The number of thiophene rings is 1. The van der Waals surface area contributed by atoms with Crippen molar-refractivity contribution in [1.82, 2.24) is 0 Å². The van der Waals surface area contributed by atoms with E-state index in [4.69, 9.17) is 11.5 Å². The highest BCUT2D eigenvalue weighted by Crippen LogP contribution is 2.17. The normalized spacial score (nSPS) is 9.89. The minimum atomic E-state index is 0.708. The molecule has 0 aliphatic rings. The van der Waals surface area contributed by atoms with Crippen LogP contribution < -0.4 is 11.5 Å². The van der Waals surface area contributed by atoms with Crippen molar-refractivity contribution >= 4 is 16.3 Å². The molecule has 1 aromatic rings. The van der Waals surface area contributed by atoms with Crippen LogP contribution in [-0.4, -0.2) is 6.54 Å². The average Bonchev–Trinajstić information content (AvgIpc) is 2.17. The third-order valence-electron chi connectivity index (χ3n) is 1.07. The topological polar surface area (TPSA) is 52.0 Å². The van der Waals surface area contributed by atoms with Crippen LogP contribution in [0.3, 0.4) is 0 Å². The van der Waals surface area contributed by atoms with Crippen LogP contribution in [0.4, 0.5) is 5.00 Å². The van der Waals surface area contributed by atoms with Crippen molar-refractivity contribution in [3.8, 4) is 0 Å². The predicted molar refractivity (Wildman–Crippen MR) is 41.5 cm³/mol. The molecular formula is C6H10N2S. The molecule has 9 heavy (non-hydrogen) atoms. The van der Waals surface area contributed by atoms with Crippen molar-refractivity contribution < 1.29 is 0 Å². The Morgan fingerprint density at radius 3 is 2.67 bits per heavy atom. The summed E-state index contributed by atoms with van der Waals surface area (Å²) in [7, 11) is 0. The first kappa shape index (κ1) is 6.58. The van der Waals surface area contributed by atoms with Crippen LogP contribution in [0.1, 0.15) is 4.88 Å². The van der Waals surface area contributed by atoms with E-state index in [9.17, 15) is 0 Å². The summed E-state index contributed by atoms with van der Waals surface area (Å²) >= 11 is 1.61. The summed E-state index contributed by atoms with van der Waals surface area (Å²) in [6.45, 7) is 0.708. The highest BCUT2D eigenvalue weighted by Gasteiger charge is 1.93. The minimum Gasteiger partial charge on any atom is -0.391 e. The van der Waals surface area contributed by atoms with Gasteiger partial charge in [-0.2, -0.15) is 0 Å². The molecule has 0 saturated carbocycles. The highest BCUT2D eigenvalue weighted by molar-refractivity contribution is 7.15. The molecule has 0 aliphatic heterocycles. The third-order valence-corrected chi connectivity index (χ3v) is 2.05. The second kappa shape index (κ2) is 2.85. The lowest BCUT2D eigenvalue weighted by Crippen LogP contribution is -2.00. The van der Waals surface area contributed by atoms with Crippen LogP contribution in [0.5, 0.6) is 0 Å². The van der Waals surface area contributed by atoms with E-state index >= 15 is 0 Å². The van der Waals surface area contributed by atoms with E-state index in [0.29, 0.717) is 6.54 Å². The van der Waals surface area contributed by atoms with Crippen molar-refractivity contribution in [3.05, 3.63) is 17.0 Å². The molecule has 0 atom stereocenters. The lowest BCUT2D eigenvalue weighted by atomic mass is 10.3. The van der Waals surface area contributed by atoms with Gasteiger partial charge in [0.15, 0.2) is 0 Å². The van der Waals surface area contributed by atoms with Gasteiger partial charge >= 0.3 is 0 Å². The zero-order valence-corrected chi connectivity index (χ0v) is 5.95. The Labute approximate surface area is 58.5 Å². The molecular weight excluding hydrogens is 132 g/mol. The van der Waals surface area contributed by atoms with Crippen molar-refractivity contribution in [1.29, 1.82) is 0 Å². The molecule has 2 nitrogen and oxygen atoms in total. The van der Waals surface area contributed by atoms with Crippen molar-refractivity contribution in [2.24, 2.45) is 5.73 Å². The molecule has 4 N–H and O–H groups in total. The van der Waals surface area contributed by atoms with Gasteiger partial charge in [0.2, 0.25) is 0 Å². The monoisotopic (exact) mass is 142 g/mol. The highest BCUT2D eigenvalue weighted by atomic mass is 32.1. The Morgan fingerprint density at radius 1 is 1.44 bits per heavy atom. The summed E-state index contributed by atoms with van der Waals surface area (Å²) in [6, 6.07) is 3.93. The molecule has 1 heterocycles. The summed E-state index contributed by atoms with van der Waals surface area (Å²) < 4.78 is 0. The van der Waals surface area contributed by atoms with Crippen molar-refractivity contribution in [2.75, 3.05) is 12.3 Å². The summed E-state index contributed by atoms with van der Waals surface area (Å²) in [5, 5.41) is 0.874. The number of rotatable bonds is 2. The van der Waals surface area contributed by atoms with Gasteiger partial charge in [-0.25, -0.2) is 0 Å². The second-order valence-electron chi connectivity index (χ2n) is 1.84. The maximum absolute atomic E-state index is 5.49. The minimum absolute atomic E-state index is 0.708. The van der Waals surface area contributed by atoms with Gasteiger partial charge in [-0.3, -0.25) is 0 Å². The van der Waals surface area contributed by atoms with Crippen LogP contribution in [0.25, 0.3) is 0 Å². The maximum Gasteiger partial charge on any atom is 0.0859 e.